The minimum absolute atomic E-state index is 0.0909. The van der Waals surface area contributed by atoms with E-state index in [1.54, 1.807) is 19.1 Å². The Labute approximate surface area is 135 Å². The Morgan fingerprint density at radius 1 is 1.35 bits per heavy atom. The van der Waals surface area contributed by atoms with E-state index < -0.39 is 22.1 Å². The van der Waals surface area contributed by atoms with Crippen molar-refractivity contribution < 1.29 is 18.0 Å². The fourth-order valence-corrected chi connectivity index (χ4v) is 3.31. The van der Waals surface area contributed by atoms with E-state index in [4.69, 9.17) is 0 Å². The highest BCUT2D eigenvalue weighted by molar-refractivity contribution is 7.89. The Morgan fingerprint density at radius 2 is 2.09 bits per heavy atom. The van der Waals surface area contributed by atoms with Gasteiger partial charge in [0.1, 0.15) is 6.04 Å². The van der Waals surface area contributed by atoms with Crippen molar-refractivity contribution in [3.63, 3.8) is 0 Å². The lowest BCUT2D eigenvalue weighted by molar-refractivity contribution is -0.124. The number of hydrogen-bond donors (Lipinski definition) is 4. The molecule has 0 radical (unpaired) electrons. The zero-order chi connectivity index (χ0) is 17.0. The molecule has 0 bridgehead atoms. The van der Waals surface area contributed by atoms with Crippen LogP contribution in [0.15, 0.2) is 23.1 Å². The summed E-state index contributed by atoms with van der Waals surface area (Å²) in [6, 6.07) is 3.46. The Hall–Kier alpha value is -2.13. The van der Waals surface area contributed by atoms with Gasteiger partial charge in [0.2, 0.25) is 15.9 Å². The molecular weight excluding hydrogens is 320 g/mol. The van der Waals surface area contributed by atoms with E-state index in [-0.39, 0.29) is 10.8 Å². The lowest BCUT2D eigenvalue weighted by Crippen LogP contribution is -2.51. The largest absolute Gasteiger partial charge is 0.354 e. The molecule has 0 saturated carbocycles. The molecule has 1 fully saturated rings. The third-order valence-corrected chi connectivity index (χ3v) is 5.15. The molecule has 1 aliphatic heterocycles. The second kappa shape index (κ2) is 6.97. The van der Waals surface area contributed by atoms with Crippen LogP contribution in [0.2, 0.25) is 0 Å². The number of anilines is 1. The maximum Gasteiger partial charge on any atom is 0.319 e. The van der Waals surface area contributed by atoms with Gasteiger partial charge in [-0.15, -0.1) is 0 Å². The Morgan fingerprint density at radius 3 is 2.74 bits per heavy atom. The Bertz CT molecular complexity index is 717. The van der Waals surface area contributed by atoms with Crippen molar-refractivity contribution in [2.45, 2.75) is 30.7 Å². The van der Waals surface area contributed by atoms with Gasteiger partial charge in [-0.2, -0.15) is 0 Å². The minimum atomic E-state index is -3.61. The van der Waals surface area contributed by atoms with E-state index in [0.29, 0.717) is 24.2 Å². The highest BCUT2D eigenvalue weighted by Gasteiger charge is 2.23. The summed E-state index contributed by atoms with van der Waals surface area (Å²) in [5, 5.41) is 7.80. The zero-order valence-corrected chi connectivity index (χ0v) is 13.8. The second-order valence-corrected chi connectivity index (χ2v) is 7.13. The number of carbonyl (C=O) groups is 2. The molecule has 0 aromatic heterocycles. The van der Waals surface area contributed by atoms with Gasteiger partial charge in [0.25, 0.3) is 0 Å². The van der Waals surface area contributed by atoms with Gasteiger partial charge in [-0.3, -0.25) is 4.79 Å². The summed E-state index contributed by atoms with van der Waals surface area (Å²) in [6.07, 6.45) is 1.37. The lowest BCUT2D eigenvalue weighted by atomic mass is 10.1. The van der Waals surface area contributed by atoms with Crippen LogP contribution in [-0.4, -0.2) is 40.0 Å². The number of sulfonamides is 1. The Balaban J connectivity index is 2.09. The van der Waals surface area contributed by atoms with Gasteiger partial charge in [-0.1, -0.05) is 6.07 Å². The van der Waals surface area contributed by atoms with Crippen LogP contribution < -0.4 is 20.7 Å². The first kappa shape index (κ1) is 17.2. The highest BCUT2D eigenvalue weighted by atomic mass is 32.2. The number of amides is 3. The fourth-order valence-electron chi connectivity index (χ4n) is 2.31. The van der Waals surface area contributed by atoms with Crippen LogP contribution in [0.3, 0.4) is 0 Å². The number of hydrogen-bond acceptors (Lipinski definition) is 4. The van der Waals surface area contributed by atoms with Gasteiger partial charge in [-0.25, -0.2) is 17.9 Å². The van der Waals surface area contributed by atoms with Gasteiger partial charge in [0.05, 0.1) is 4.90 Å². The van der Waals surface area contributed by atoms with E-state index >= 15 is 0 Å². The van der Waals surface area contributed by atoms with Crippen LogP contribution in [0.25, 0.3) is 0 Å². The maximum absolute atomic E-state index is 12.0. The van der Waals surface area contributed by atoms with E-state index in [1.165, 1.54) is 13.1 Å². The summed E-state index contributed by atoms with van der Waals surface area (Å²) in [7, 11) is -2.29. The van der Waals surface area contributed by atoms with Crippen molar-refractivity contribution in [2.24, 2.45) is 0 Å². The lowest BCUT2D eigenvalue weighted by Gasteiger charge is -2.23. The molecule has 1 saturated heterocycles. The predicted octanol–water partition coefficient (Wildman–Crippen LogP) is 0.303. The number of urea groups is 1. The maximum atomic E-state index is 12.0. The van der Waals surface area contributed by atoms with Crippen molar-refractivity contribution in [3.8, 4) is 0 Å². The third-order valence-electron chi connectivity index (χ3n) is 3.59. The van der Waals surface area contributed by atoms with E-state index in [2.05, 4.69) is 20.7 Å². The molecule has 0 spiro atoms. The van der Waals surface area contributed by atoms with E-state index in [0.717, 1.165) is 6.42 Å². The highest BCUT2D eigenvalue weighted by Crippen LogP contribution is 2.20. The van der Waals surface area contributed by atoms with Crippen LogP contribution in [-0.2, 0) is 14.8 Å². The summed E-state index contributed by atoms with van der Waals surface area (Å²) in [4.78, 5) is 23.7. The number of nitrogens with one attached hydrogen (secondary N) is 4. The average Bonchev–Trinajstić information content (AvgIpc) is 2.51. The molecular formula is C14H20N4O4S. The normalized spacial score (nSPS) is 18.2. The second-order valence-electron chi connectivity index (χ2n) is 5.27. The van der Waals surface area contributed by atoms with Crippen molar-refractivity contribution >= 4 is 27.6 Å². The summed E-state index contributed by atoms with van der Waals surface area (Å²) < 4.78 is 26.1. The molecule has 1 heterocycles. The van der Waals surface area contributed by atoms with Crippen LogP contribution in [0, 0.1) is 6.92 Å². The first-order chi connectivity index (χ1) is 10.8. The molecule has 1 aromatic carbocycles. The van der Waals surface area contributed by atoms with E-state index in [1.807, 2.05) is 0 Å². The SMILES string of the molecule is CNS(=O)(=O)c1cc(NC(=O)NC2CCCNC2=O)ccc1C. The summed E-state index contributed by atoms with van der Waals surface area (Å²) in [6.45, 7) is 2.28. The monoisotopic (exact) mass is 340 g/mol. The first-order valence-electron chi connectivity index (χ1n) is 7.23. The summed E-state index contributed by atoms with van der Waals surface area (Å²) in [5.74, 6) is -0.214. The minimum Gasteiger partial charge on any atom is -0.354 e. The molecule has 4 N–H and O–H groups in total. The molecule has 1 atom stereocenters. The standard InChI is InChI=1S/C14H20N4O4S/c1-9-5-6-10(8-12(9)23(21,22)15-2)17-14(20)18-11-4-3-7-16-13(11)19/h5-6,8,11,15H,3-4,7H2,1-2H3,(H,16,19)(H2,17,18,20). The van der Waals surface area contributed by atoms with Crippen molar-refractivity contribution in [3.05, 3.63) is 23.8 Å². The molecule has 23 heavy (non-hydrogen) atoms. The quantitative estimate of drug-likeness (QED) is 0.631. The molecule has 1 aliphatic rings. The van der Waals surface area contributed by atoms with Gasteiger partial charge in [0.15, 0.2) is 0 Å². The number of aryl methyl sites for hydroxylation is 1. The molecule has 1 unspecified atom stereocenters. The number of carbonyl (C=O) groups excluding carboxylic acids is 2. The van der Waals surface area contributed by atoms with Crippen molar-refractivity contribution in [2.75, 3.05) is 18.9 Å². The van der Waals surface area contributed by atoms with Crippen LogP contribution in [0.1, 0.15) is 18.4 Å². The molecule has 3 amide bonds. The van der Waals surface area contributed by atoms with Crippen molar-refractivity contribution in [1.29, 1.82) is 0 Å². The van der Waals surface area contributed by atoms with Crippen LogP contribution in [0.4, 0.5) is 10.5 Å². The molecule has 1 aromatic rings. The van der Waals surface area contributed by atoms with Crippen LogP contribution >= 0.6 is 0 Å². The molecule has 0 aliphatic carbocycles. The number of benzene rings is 1. The number of piperidine rings is 1. The molecule has 126 valence electrons. The molecule has 9 heteroatoms. The third kappa shape index (κ3) is 4.20. The summed E-state index contributed by atoms with van der Waals surface area (Å²) in [5.41, 5.74) is 0.898. The zero-order valence-electron chi connectivity index (χ0n) is 13.0. The van der Waals surface area contributed by atoms with Gasteiger partial charge in [-0.05, 0) is 44.5 Å². The summed E-state index contributed by atoms with van der Waals surface area (Å²) >= 11 is 0. The van der Waals surface area contributed by atoms with Crippen LogP contribution in [0.5, 0.6) is 0 Å². The average molecular weight is 340 g/mol. The first-order valence-corrected chi connectivity index (χ1v) is 8.71. The fraction of sp³-hybridized carbons (Fsp3) is 0.429. The van der Waals surface area contributed by atoms with E-state index in [9.17, 15) is 18.0 Å². The molecule has 8 nitrogen and oxygen atoms in total. The van der Waals surface area contributed by atoms with Gasteiger partial charge >= 0.3 is 6.03 Å². The van der Waals surface area contributed by atoms with Gasteiger partial charge in [0, 0.05) is 12.2 Å². The van der Waals surface area contributed by atoms with Gasteiger partial charge < -0.3 is 16.0 Å². The molecule has 2 rings (SSSR count). The topological polar surface area (TPSA) is 116 Å². The smallest absolute Gasteiger partial charge is 0.319 e. The number of rotatable bonds is 4. The predicted molar refractivity (Wildman–Crippen MR) is 85.6 cm³/mol. The van der Waals surface area contributed by atoms with Crippen molar-refractivity contribution in [1.82, 2.24) is 15.4 Å². The Kier molecular flexibility index (Phi) is 5.22.